The van der Waals surface area contributed by atoms with Crippen molar-refractivity contribution in [1.82, 2.24) is 0 Å². The Morgan fingerprint density at radius 1 is 1.24 bits per heavy atom. The summed E-state index contributed by atoms with van der Waals surface area (Å²) < 4.78 is 0. The molecule has 1 aliphatic rings. The van der Waals surface area contributed by atoms with Crippen LogP contribution in [0.25, 0.3) is 0 Å². The Morgan fingerprint density at radius 3 is 2.65 bits per heavy atom. The SMILES string of the molecule is Cc1ccc(SC[C@@H](O)C2=CCCCC2)cc1. The first-order valence-corrected chi connectivity index (χ1v) is 7.31. The minimum Gasteiger partial charge on any atom is -0.388 e. The molecule has 0 saturated carbocycles. The molecule has 17 heavy (non-hydrogen) atoms. The molecule has 0 spiro atoms. The first-order chi connectivity index (χ1) is 8.25. The molecule has 1 aliphatic carbocycles. The van der Waals surface area contributed by atoms with Crippen LogP contribution in [-0.4, -0.2) is 17.0 Å². The third-order valence-electron chi connectivity index (χ3n) is 3.18. The second-order valence-corrected chi connectivity index (χ2v) is 5.76. The minimum absolute atomic E-state index is 0.262. The van der Waals surface area contributed by atoms with Gasteiger partial charge in [-0.3, -0.25) is 0 Å². The van der Waals surface area contributed by atoms with Crippen molar-refractivity contribution in [2.75, 3.05) is 5.75 Å². The maximum Gasteiger partial charge on any atom is 0.0844 e. The highest BCUT2D eigenvalue weighted by atomic mass is 32.2. The van der Waals surface area contributed by atoms with Crippen LogP contribution in [0.2, 0.25) is 0 Å². The molecule has 0 saturated heterocycles. The van der Waals surface area contributed by atoms with Gasteiger partial charge in [0.25, 0.3) is 0 Å². The fourth-order valence-corrected chi connectivity index (χ4v) is 2.98. The number of aliphatic hydroxyl groups is 1. The number of benzene rings is 1. The lowest BCUT2D eigenvalue weighted by Gasteiger charge is -2.18. The van der Waals surface area contributed by atoms with Crippen molar-refractivity contribution in [1.29, 1.82) is 0 Å². The van der Waals surface area contributed by atoms with Gasteiger partial charge in [0.2, 0.25) is 0 Å². The van der Waals surface area contributed by atoms with Crippen molar-refractivity contribution in [2.24, 2.45) is 0 Å². The number of thioether (sulfide) groups is 1. The summed E-state index contributed by atoms with van der Waals surface area (Å²) in [5, 5.41) is 10.1. The summed E-state index contributed by atoms with van der Waals surface area (Å²) in [6, 6.07) is 8.49. The quantitative estimate of drug-likeness (QED) is 0.643. The van der Waals surface area contributed by atoms with Crippen LogP contribution in [0.5, 0.6) is 0 Å². The van der Waals surface area contributed by atoms with E-state index in [0.29, 0.717) is 0 Å². The first-order valence-electron chi connectivity index (χ1n) is 6.32. The van der Waals surface area contributed by atoms with Crippen LogP contribution in [0.15, 0.2) is 40.8 Å². The van der Waals surface area contributed by atoms with Crippen molar-refractivity contribution in [3.63, 3.8) is 0 Å². The van der Waals surface area contributed by atoms with Crippen molar-refractivity contribution >= 4 is 11.8 Å². The molecule has 0 aliphatic heterocycles. The number of allylic oxidation sites excluding steroid dienone is 1. The van der Waals surface area contributed by atoms with Crippen LogP contribution in [0.4, 0.5) is 0 Å². The first kappa shape index (κ1) is 12.7. The number of aliphatic hydroxyl groups excluding tert-OH is 1. The van der Waals surface area contributed by atoms with Crippen molar-refractivity contribution in [3.8, 4) is 0 Å². The number of rotatable bonds is 4. The molecular formula is C15H20OS. The van der Waals surface area contributed by atoms with Gasteiger partial charge in [0, 0.05) is 10.6 Å². The molecule has 2 heteroatoms. The molecule has 0 heterocycles. The van der Waals surface area contributed by atoms with Crippen LogP contribution < -0.4 is 0 Å². The van der Waals surface area contributed by atoms with Crippen LogP contribution in [0.1, 0.15) is 31.2 Å². The van der Waals surface area contributed by atoms with Gasteiger partial charge in [-0.05, 0) is 50.3 Å². The molecule has 0 amide bonds. The van der Waals surface area contributed by atoms with E-state index in [1.807, 2.05) is 0 Å². The topological polar surface area (TPSA) is 20.2 Å². The number of hydrogen-bond donors (Lipinski definition) is 1. The Morgan fingerprint density at radius 2 is 2.00 bits per heavy atom. The van der Waals surface area contributed by atoms with Crippen LogP contribution >= 0.6 is 11.8 Å². The largest absolute Gasteiger partial charge is 0.388 e. The molecule has 1 aromatic carbocycles. The third-order valence-corrected chi connectivity index (χ3v) is 4.27. The highest BCUT2D eigenvalue weighted by Crippen LogP contribution is 2.25. The molecule has 0 aromatic heterocycles. The van der Waals surface area contributed by atoms with Gasteiger partial charge in [-0.25, -0.2) is 0 Å². The molecule has 92 valence electrons. The van der Waals surface area contributed by atoms with E-state index >= 15 is 0 Å². The van der Waals surface area contributed by atoms with E-state index in [2.05, 4.69) is 37.3 Å². The molecule has 0 fully saturated rings. The predicted octanol–water partition coefficient (Wildman–Crippen LogP) is 3.95. The average Bonchev–Trinajstić information content (AvgIpc) is 2.39. The summed E-state index contributed by atoms with van der Waals surface area (Å²) in [6.07, 6.45) is 6.70. The lowest BCUT2D eigenvalue weighted by molar-refractivity contribution is 0.228. The third kappa shape index (κ3) is 3.90. The number of aryl methyl sites for hydroxylation is 1. The zero-order valence-corrected chi connectivity index (χ0v) is 11.2. The summed E-state index contributed by atoms with van der Waals surface area (Å²) in [6.45, 7) is 2.09. The Labute approximate surface area is 108 Å². The van der Waals surface area contributed by atoms with Gasteiger partial charge in [0.15, 0.2) is 0 Å². The summed E-state index contributed by atoms with van der Waals surface area (Å²) in [4.78, 5) is 1.24. The molecule has 1 nitrogen and oxygen atoms in total. The maximum atomic E-state index is 10.1. The van der Waals surface area contributed by atoms with E-state index in [1.54, 1.807) is 11.8 Å². The smallest absolute Gasteiger partial charge is 0.0844 e. The van der Waals surface area contributed by atoms with E-state index in [-0.39, 0.29) is 6.10 Å². The van der Waals surface area contributed by atoms with Gasteiger partial charge in [-0.15, -0.1) is 11.8 Å². The maximum absolute atomic E-state index is 10.1. The standard InChI is InChI=1S/C15H20OS/c1-12-7-9-14(10-8-12)17-11-15(16)13-5-3-2-4-6-13/h5,7-10,15-16H,2-4,6,11H2,1H3/t15-/m1/s1. The molecule has 1 N–H and O–H groups in total. The molecular weight excluding hydrogens is 228 g/mol. The molecule has 0 unspecified atom stereocenters. The lowest BCUT2D eigenvalue weighted by Crippen LogP contribution is -2.15. The molecule has 0 radical (unpaired) electrons. The van der Waals surface area contributed by atoms with Gasteiger partial charge >= 0.3 is 0 Å². The van der Waals surface area contributed by atoms with E-state index < -0.39 is 0 Å². The summed E-state index contributed by atoms with van der Waals surface area (Å²) in [7, 11) is 0. The summed E-state index contributed by atoms with van der Waals surface area (Å²) in [5.74, 6) is 0.773. The van der Waals surface area contributed by atoms with Crippen LogP contribution in [-0.2, 0) is 0 Å². The normalized spacial score (nSPS) is 17.6. The van der Waals surface area contributed by atoms with Gasteiger partial charge in [-0.1, -0.05) is 23.8 Å². The Kier molecular flexibility index (Phi) is 4.69. The Hall–Kier alpha value is -0.730. The zero-order valence-electron chi connectivity index (χ0n) is 10.4. The molecule has 1 atom stereocenters. The predicted molar refractivity (Wildman–Crippen MR) is 74.5 cm³/mol. The highest BCUT2D eigenvalue weighted by Gasteiger charge is 2.13. The molecule has 2 rings (SSSR count). The van der Waals surface area contributed by atoms with E-state index in [4.69, 9.17) is 0 Å². The van der Waals surface area contributed by atoms with Crippen molar-refractivity contribution < 1.29 is 5.11 Å². The summed E-state index contributed by atoms with van der Waals surface area (Å²) >= 11 is 1.74. The lowest BCUT2D eigenvalue weighted by atomic mass is 9.96. The average molecular weight is 248 g/mol. The molecule has 1 aromatic rings. The Balaban J connectivity index is 1.85. The zero-order chi connectivity index (χ0) is 12.1. The highest BCUT2D eigenvalue weighted by molar-refractivity contribution is 7.99. The second kappa shape index (κ2) is 6.27. The van der Waals surface area contributed by atoms with E-state index in [0.717, 1.165) is 18.6 Å². The number of hydrogen-bond acceptors (Lipinski definition) is 2. The van der Waals surface area contributed by atoms with Gasteiger partial charge in [0.05, 0.1) is 6.10 Å². The van der Waals surface area contributed by atoms with Crippen LogP contribution in [0.3, 0.4) is 0 Å². The fraction of sp³-hybridized carbons (Fsp3) is 0.467. The van der Waals surface area contributed by atoms with Gasteiger partial charge in [-0.2, -0.15) is 0 Å². The Bertz CT molecular complexity index is 380. The second-order valence-electron chi connectivity index (χ2n) is 4.66. The van der Waals surface area contributed by atoms with E-state index in [9.17, 15) is 5.11 Å². The van der Waals surface area contributed by atoms with Crippen LogP contribution in [0, 0.1) is 6.92 Å². The van der Waals surface area contributed by atoms with Gasteiger partial charge < -0.3 is 5.11 Å². The van der Waals surface area contributed by atoms with Crippen molar-refractivity contribution in [2.45, 2.75) is 43.6 Å². The minimum atomic E-state index is -0.262. The van der Waals surface area contributed by atoms with E-state index in [1.165, 1.54) is 28.9 Å². The molecule has 0 bridgehead atoms. The monoisotopic (exact) mass is 248 g/mol. The van der Waals surface area contributed by atoms with Gasteiger partial charge in [0.1, 0.15) is 0 Å². The summed E-state index contributed by atoms with van der Waals surface area (Å²) in [5.41, 5.74) is 2.53. The fourth-order valence-electron chi connectivity index (χ4n) is 2.08. The van der Waals surface area contributed by atoms with Crippen molar-refractivity contribution in [3.05, 3.63) is 41.5 Å².